The summed E-state index contributed by atoms with van der Waals surface area (Å²) in [6.45, 7) is 4.30. The van der Waals surface area contributed by atoms with E-state index in [0.29, 0.717) is 6.54 Å². The molecule has 0 aliphatic carbocycles. The Balaban J connectivity index is 1.94. The Labute approximate surface area is 123 Å². The summed E-state index contributed by atoms with van der Waals surface area (Å²) in [5.41, 5.74) is 0.938. The zero-order valence-electron chi connectivity index (χ0n) is 12.3. The van der Waals surface area contributed by atoms with E-state index in [9.17, 15) is 4.79 Å². The fourth-order valence-corrected chi connectivity index (χ4v) is 1.73. The van der Waals surface area contributed by atoms with E-state index in [0.717, 1.165) is 11.3 Å². The van der Waals surface area contributed by atoms with Gasteiger partial charge in [-0.3, -0.25) is 4.79 Å². The maximum absolute atomic E-state index is 11.9. The molecule has 0 fully saturated rings. The second-order valence-electron chi connectivity index (χ2n) is 4.73. The summed E-state index contributed by atoms with van der Waals surface area (Å²) < 4.78 is 15.3. The molecule has 0 bridgehead atoms. The normalized spacial score (nSPS) is 10.5. The van der Waals surface area contributed by atoms with Crippen LogP contribution in [0.2, 0.25) is 0 Å². The summed E-state index contributed by atoms with van der Waals surface area (Å²) in [5, 5.41) is 6.33. The molecule has 0 saturated carbocycles. The largest absolute Gasteiger partial charge is 0.491 e. The van der Waals surface area contributed by atoms with E-state index in [1.165, 1.54) is 13.2 Å². The lowest BCUT2D eigenvalue weighted by Gasteiger charge is -2.11. The van der Waals surface area contributed by atoms with Crippen LogP contribution in [-0.2, 0) is 6.54 Å². The van der Waals surface area contributed by atoms with Crippen LogP contribution in [-0.4, -0.2) is 24.3 Å². The van der Waals surface area contributed by atoms with Crippen molar-refractivity contribution in [3.05, 3.63) is 41.7 Å². The van der Waals surface area contributed by atoms with Crippen LogP contribution in [0.15, 0.2) is 34.9 Å². The highest BCUT2D eigenvalue weighted by molar-refractivity contribution is 5.91. The van der Waals surface area contributed by atoms with Crippen LogP contribution in [0.25, 0.3) is 0 Å². The van der Waals surface area contributed by atoms with Gasteiger partial charge in [-0.2, -0.15) is 0 Å². The minimum atomic E-state index is -0.346. The van der Waals surface area contributed by atoms with Gasteiger partial charge in [0, 0.05) is 6.54 Å². The Kier molecular flexibility index (Phi) is 4.81. The van der Waals surface area contributed by atoms with Crippen LogP contribution < -0.4 is 14.8 Å². The number of hydrogen-bond donors (Lipinski definition) is 1. The van der Waals surface area contributed by atoms with Gasteiger partial charge in [0.2, 0.25) is 5.76 Å². The molecule has 0 atom stereocenters. The number of aromatic nitrogens is 1. The van der Waals surface area contributed by atoms with Crippen molar-refractivity contribution >= 4 is 5.91 Å². The molecule has 2 aromatic rings. The standard InChI is InChI=1S/C15H18N2O4/c1-10(2)20-12-6-4-5-11(7-12)9-16-15(18)13-8-14(19-3)17-21-13/h4-8,10H,9H2,1-3H3,(H,16,18). The van der Waals surface area contributed by atoms with E-state index >= 15 is 0 Å². The number of amides is 1. The van der Waals surface area contributed by atoms with Crippen molar-refractivity contribution in [3.8, 4) is 11.6 Å². The van der Waals surface area contributed by atoms with Crippen molar-refractivity contribution in [3.63, 3.8) is 0 Å². The third-order valence-corrected chi connectivity index (χ3v) is 2.64. The van der Waals surface area contributed by atoms with Crippen molar-refractivity contribution in [2.75, 3.05) is 7.11 Å². The highest BCUT2D eigenvalue weighted by atomic mass is 16.5. The number of ether oxygens (including phenoxy) is 2. The van der Waals surface area contributed by atoms with Gasteiger partial charge in [0.05, 0.1) is 19.3 Å². The average molecular weight is 290 g/mol. The van der Waals surface area contributed by atoms with E-state index < -0.39 is 0 Å². The van der Waals surface area contributed by atoms with Crippen LogP contribution in [0.5, 0.6) is 11.6 Å². The molecule has 1 N–H and O–H groups in total. The Morgan fingerprint density at radius 3 is 2.86 bits per heavy atom. The molecule has 0 radical (unpaired) electrons. The van der Waals surface area contributed by atoms with Crippen LogP contribution in [0.4, 0.5) is 0 Å². The quantitative estimate of drug-likeness (QED) is 0.884. The molecule has 21 heavy (non-hydrogen) atoms. The number of carbonyl (C=O) groups is 1. The highest BCUT2D eigenvalue weighted by Gasteiger charge is 2.13. The molecule has 112 valence electrons. The minimum absolute atomic E-state index is 0.108. The smallest absolute Gasteiger partial charge is 0.290 e. The van der Waals surface area contributed by atoms with Gasteiger partial charge < -0.3 is 19.3 Å². The lowest BCUT2D eigenvalue weighted by molar-refractivity contribution is 0.0913. The number of nitrogens with zero attached hydrogens (tertiary/aromatic N) is 1. The van der Waals surface area contributed by atoms with Crippen LogP contribution >= 0.6 is 0 Å². The van der Waals surface area contributed by atoms with E-state index in [4.69, 9.17) is 14.0 Å². The number of benzene rings is 1. The Morgan fingerprint density at radius 2 is 2.19 bits per heavy atom. The fraction of sp³-hybridized carbons (Fsp3) is 0.333. The summed E-state index contributed by atoms with van der Waals surface area (Å²) >= 11 is 0. The monoisotopic (exact) mass is 290 g/mol. The van der Waals surface area contributed by atoms with Gasteiger partial charge >= 0.3 is 0 Å². The van der Waals surface area contributed by atoms with Gasteiger partial charge in [-0.05, 0) is 36.7 Å². The number of rotatable bonds is 6. The van der Waals surface area contributed by atoms with Crippen molar-refractivity contribution < 1.29 is 18.8 Å². The fourth-order valence-electron chi connectivity index (χ4n) is 1.73. The second kappa shape index (κ2) is 6.78. The predicted molar refractivity (Wildman–Crippen MR) is 76.4 cm³/mol. The molecule has 1 amide bonds. The molecule has 6 heteroatoms. The van der Waals surface area contributed by atoms with Crippen molar-refractivity contribution in [2.45, 2.75) is 26.5 Å². The van der Waals surface area contributed by atoms with Gasteiger partial charge in [-0.1, -0.05) is 12.1 Å². The molecule has 1 aromatic carbocycles. The molecule has 1 aromatic heterocycles. The van der Waals surface area contributed by atoms with Crippen LogP contribution in [0, 0.1) is 0 Å². The topological polar surface area (TPSA) is 73.6 Å². The highest BCUT2D eigenvalue weighted by Crippen LogP contribution is 2.15. The average Bonchev–Trinajstić information content (AvgIpc) is 2.93. The summed E-state index contributed by atoms with van der Waals surface area (Å²) in [5.74, 6) is 0.813. The van der Waals surface area contributed by atoms with Crippen molar-refractivity contribution in [1.29, 1.82) is 0 Å². The number of hydrogen-bond acceptors (Lipinski definition) is 5. The molecule has 1 heterocycles. The molecule has 2 rings (SSSR count). The zero-order chi connectivity index (χ0) is 15.2. The molecular weight excluding hydrogens is 272 g/mol. The maximum atomic E-state index is 11.9. The SMILES string of the molecule is COc1cc(C(=O)NCc2cccc(OC(C)C)c2)on1. The molecule has 6 nitrogen and oxygen atoms in total. The third-order valence-electron chi connectivity index (χ3n) is 2.64. The van der Waals surface area contributed by atoms with Gasteiger partial charge in [0.25, 0.3) is 11.8 Å². The zero-order valence-corrected chi connectivity index (χ0v) is 12.3. The Morgan fingerprint density at radius 1 is 1.38 bits per heavy atom. The first-order valence-electron chi connectivity index (χ1n) is 6.63. The first kappa shape index (κ1) is 14.9. The molecule has 0 aliphatic heterocycles. The van der Waals surface area contributed by atoms with E-state index in [-0.39, 0.29) is 23.7 Å². The second-order valence-corrected chi connectivity index (χ2v) is 4.73. The molecular formula is C15H18N2O4. The molecule has 0 aliphatic rings. The van der Waals surface area contributed by atoms with Crippen molar-refractivity contribution in [1.82, 2.24) is 10.5 Å². The summed E-state index contributed by atoms with van der Waals surface area (Å²) in [6, 6.07) is 9.01. The molecule has 0 spiro atoms. The first-order chi connectivity index (χ1) is 10.1. The number of nitrogens with one attached hydrogen (secondary N) is 1. The van der Waals surface area contributed by atoms with E-state index in [1.807, 2.05) is 38.1 Å². The van der Waals surface area contributed by atoms with Crippen molar-refractivity contribution in [2.24, 2.45) is 0 Å². The van der Waals surface area contributed by atoms with Gasteiger partial charge in [-0.25, -0.2) is 0 Å². The van der Waals surface area contributed by atoms with Crippen LogP contribution in [0.1, 0.15) is 30.0 Å². The Hall–Kier alpha value is -2.50. The summed E-state index contributed by atoms with van der Waals surface area (Å²) in [4.78, 5) is 11.9. The minimum Gasteiger partial charge on any atom is -0.491 e. The first-order valence-corrected chi connectivity index (χ1v) is 6.63. The van der Waals surface area contributed by atoms with E-state index in [2.05, 4.69) is 10.5 Å². The summed E-state index contributed by atoms with van der Waals surface area (Å²) in [6.07, 6.45) is 0.108. The lowest BCUT2D eigenvalue weighted by atomic mass is 10.2. The predicted octanol–water partition coefficient (Wildman–Crippen LogP) is 2.40. The number of carbonyl (C=O) groups excluding carboxylic acids is 1. The van der Waals surface area contributed by atoms with Gasteiger partial charge in [0.15, 0.2) is 0 Å². The molecule has 0 unspecified atom stereocenters. The van der Waals surface area contributed by atoms with Gasteiger partial charge in [-0.15, -0.1) is 0 Å². The lowest BCUT2D eigenvalue weighted by Crippen LogP contribution is -2.22. The van der Waals surface area contributed by atoms with Gasteiger partial charge in [0.1, 0.15) is 5.75 Å². The Bertz CT molecular complexity index is 607. The molecule has 0 saturated heterocycles. The van der Waals surface area contributed by atoms with E-state index in [1.54, 1.807) is 0 Å². The summed E-state index contributed by atoms with van der Waals surface area (Å²) in [7, 11) is 1.46. The third kappa shape index (κ3) is 4.24. The number of methoxy groups -OCH3 is 1. The van der Waals surface area contributed by atoms with Crippen LogP contribution in [0.3, 0.4) is 0 Å². The maximum Gasteiger partial charge on any atom is 0.290 e.